The number of carbonyl (C=O) groups excluding carboxylic acids is 3. The monoisotopic (exact) mass is 498 g/mol. The lowest BCUT2D eigenvalue weighted by Gasteiger charge is -2.14. The number of carbonyl (C=O) groups is 3. The number of hydrogen-bond donors (Lipinski definition) is 2. The van der Waals surface area contributed by atoms with E-state index in [-0.39, 0.29) is 30.1 Å². The second-order valence-electron chi connectivity index (χ2n) is 7.34. The van der Waals surface area contributed by atoms with E-state index in [9.17, 15) is 24.5 Å². The largest absolute Gasteiger partial charge is 0.293 e. The molecule has 0 saturated carbocycles. The van der Waals surface area contributed by atoms with E-state index in [0.29, 0.717) is 15.6 Å². The van der Waals surface area contributed by atoms with Crippen molar-refractivity contribution in [3.8, 4) is 0 Å². The minimum absolute atomic E-state index is 0.0446. The Hall–Kier alpha value is -3.57. The maximum atomic E-state index is 12.7. The van der Waals surface area contributed by atoms with E-state index in [1.807, 2.05) is 24.3 Å². The van der Waals surface area contributed by atoms with Crippen molar-refractivity contribution in [2.45, 2.75) is 26.2 Å². The highest BCUT2D eigenvalue weighted by atomic mass is 32.2. The number of nitrogens with one attached hydrogen (secondary N) is 2. The molecule has 2 aromatic carbocycles. The van der Waals surface area contributed by atoms with E-state index in [1.54, 1.807) is 6.08 Å². The molecule has 176 valence electrons. The number of non-ortho nitro benzene ring substituents is 1. The molecule has 0 unspecified atom stereocenters. The summed E-state index contributed by atoms with van der Waals surface area (Å²) in [5.74, 6) is -1.34. The van der Waals surface area contributed by atoms with Gasteiger partial charge in [-0.15, -0.1) is 0 Å². The van der Waals surface area contributed by atoms with E-state index >= 15 is 0 Å². The lowest BCUT2D eigenvalue weighted by molar-refractivity contribution is -0.384. The van der Waals surface area contributed by atoms with Crippen molar-refractivity contribution >= 4 is 57.8 Å². The van der Waals surface area contributed by atoms with Crippen molar-refractivity contribution in [3.63, 3.8) is 0 Å². The van der Waals surface area contributed by atoms with Crippen molar-refractivity contribution < 1.29 is 19.3 Å². The van der Waals surface area contributed by atoms with Crippen LogP contribution in [0.25, 0.3) is 6.08 Å². The summed E-state index contributed by atoms with van der Waals surface area (Å²) in [6.45, 7) is 2.34. The number of aryl methyl sites for hydroxylation is 1. The van der Waals surface area contributed by atoms with E-state index in [1.165, 1.54) is 40.4 Å². The van der Waals surface area contributed by atoms with Gasteiger partial charge in [-0.25, -0.2) is 0 Å². The van der Waals surface area contributed by atoms with Gasteiger partial charge in [-0.05, 0) is 36.1 Å². The zero-order valence-corrected chi connectivity index (χ0v) is 19.9. The molecule has 0 bridgehead atoms. The number of benzene rings is 2. The predicted octanol–water partition coefficient (Wildman–Crippen LogP) is 3.60. The summed E-state index contributed by atoms with van der Waals surface area (Å²) in [7, 11) is 0. The molecule has 2 aromatic rings. The highest BCUT2D eigenvalue weighted by molar-refractivity contribution is 8.26. The standard InChI is InChI=1S/C23H22N4O5S2/c1-2-15-8-10-16(11-9-15)13-19-22(30)26(23(33)34-19)12-4-7-20(28)24-25-21(29)17-5-3-6-18(14-17)27(31)32/h3,5-6,8-11,13-14H,2,4,7,12H2,1H3,(H,24,28)(H,25,29)/b19-13+. The fourth-order valence-electron chi connectivity index (χ4n) is 3.11. The number of nitrogens with zero attached hydrogens (tertiary/aromatic N) is 2. The maximum Gasteiger partial charge on any atom is 0.270 e. The Kier molecular flexibility index (Phi) is 8.50. The summed E-state index contributed by atoms with van der Waals surface area (Å²) in [6, 6.07) is 13.1. The number of nitro groups is 1. The lowest BCUT2D eigenvalue weighted by atomic mass is 10.1. The third kappa shape index (κ3) is 6.49. The normalized spacial score (nSPS) is 14.4. The summed E-state index contributed by atoms with van der Waals surface area (Å²) in [4.78, 5) is 49.1. The fraction of sp³-hybridized carbons (Fsp3) is 0.217. The topological polar surface area (TPSA) is 122 Å². The number of rotatable bonds is 8. The highest BCUT2D eigenvalue weighted by Gasteiger charge is 2.31. The van der Waals surface area contributed by atoms with E-state index in [2.05, 4.69) is 17.8 Å². The van der Waals surface area contributed by atoms with Crippen LogP contribution in [-0.4, -0.2) is 38.4 Å². The Morgan fingerprint density at radius 3 is 2.59 bits per heavy atom. The van der Waals surface area contributed by atoms with Crippen molar-refractivity contribution in [1.82, 2.24) is 15.8 Å². The van der Waals surface area contributed by atoms with Crippen LogP contribution in [0.4, 0.5) is 5.69 Å². The van der Waals surface area contributed by atoms with E-state index < -0.39 is 16.7 Å². The number of thiocarbonyl (C=S) groups is 1. The molecule has 1 saturated heterocycles. The van der Waals surface area contributed by atoms with Gasteiger partial charge in [-0.1, -0.05) is 61.2 Å². The third-order valence-corrected chi connectivity index (χ3v) is 6.36. The van der Waals surface area contributed by atoms with Gasteiger partial charge < -0.3 is 0 Å². The average molecular weight is 499 g/mol. The molecule has 2 N–H and O–H groups in total. The number of nitro benzene ring substituents is 1. The summed E-state index contributed by atoms with van der Waals surface area (Å²) < 4.78 is 0.431. The number of hydrogen-bond acceptors (Lipinski definition) is 7. The van der Waals surface area contributed by atoms with Crippen LogP contribution >= 0.6 is 24.0 Å². The first-order valence-electron chi connectivity index (χ1n) is 10.5. The second kappa shape index (κ2) is 11.5. The first-order valence-corrected chi connectivity index (χ1v) is 11.7. The van der Waals surface area contributed by atoms with E-state index in [0.717, 1.165) is 18.1 Å². The lowest BCUT2D eigenvalue weighted by Crippen LogP contribution is -2.41. The molecule has 0 radical (unpaired) electrons. The SMILES string of the molecule is CCc1ccc(/C=C2/SC(=S)N(CCCC(=O)NNC(=O)c3cccc([N+](=O)[O-])c3)C2=O)cc1. The van der Waals surface area contributed by atoms with Crippen LogP contribution in [0.15, 0.2) is 53.4 Å². The number of thioether (sulfide) groups is 1. The molecule has 0 aliphatic carbocycles. The smallest absolute Gasteiger partial charge is 0.270 e. The molecule has 1 aliphatic heterocycles. The molecule has 9 nitrogen and oxygen atoms in total. The van der Waals surface area contributed by atoms with Gasteiger partial charge in [-0.3, -0.25) is 40.2 Å². The van der Waals surface area contributed by atoms with Crippen LogP contribution in [0.1, 0.15) is 41.3 Å². The average Bonchev–Trinajstić information content (AvgIpc) is 3.10. The Morgan fingerprint density at radius 2 is 1.91 bits per heavy atom. The van der Waals surface area contributed by atoms with Crippen LogP contribution in [0.5, 0.6) is 0 Å². The van der Waals surface area contributed by atoms with Gasteiger partial charge in [0.2, 0.25) is 5.91 Å². The van der Waals surface area contributed by atoms with Crippen LogP contribution in [0, 0.1) is 10.1 Å². The van der Waals surface area contributed by atoms with Crippen LogP contribution < -0.4 is 10.9 Å². The molecular formula is C23H22N4O5S2. The molecular weight excluding hydrogens is 476 g/mol. The summed E-state index contributed by atoms with van der Waals surface area (Å²) >= 11 is 6.54. The van der Waals surface area contributed by atoms with Crippen molar-refractivity contribution in [3.05, 3.63) is 80.2 Å². The predicted molar refractivity (Wildman–Crippen MR) is 134 cm³/mol. The Bertz CT molecular complexity index is 1160. The fourth-order valence-corrected chi connectivity index (χ4v) is 4.42. The first kappa shape index (κ1) is 25.1. The molecule has 1 aliphatic rings. The molecule has 1 fully saturated rings. The Balaban J connectivity index is 1.46. The quantitative estimate of drug-likeness (QED) is 0.247. The van der Waals surface area contributed by atoms with E-state index in [4.69, 9.17) is 12.2 Å². The second-order valence-corrected chi connectivity index (χ2v) is 9.02. The van der Waals surface area contributed by atoms with Crippen LogP contribution in [-0.2, 0) is 16.0 Å². The molecule has 3 amide bonds. The highest BCUT2D eigenvalue weighted by Crippen LogP contribution is 2.32. The minimum Gasteiger partial charge on any atom is -0.293 e. The zero-order valence-electron chi connectivity index (χ0n) is 18.3. The minimum atomic E-state index is -0.675. The van der Waals surface area contributed by atoms with Gasteiger partial charge in [0, 0.05) is 30.7 Å². The van der Waals surface area contributed by atoms with Crippen molar-refractivity contribution in [2.24, 2.45) is 0 Å². The van der Waals surface area contributed by atoms with Gasteiger partial charge in [0.15, 0.2) is 0 Å². The number of hydrazine groups is 1. The Labute approximate surface area is 205 Å². The molecule has 11 heteroatoms. The van der Waals surface area contributed by atoms with Gasteiger partial charge in [0.1, 0.15) is 4.32 Å². The van der Waals surface area contributed by atoms with Gasteiger partial charge in [-0.2, -0.15) is 0 Å². The molecule has 34 heavy (non-hydrogen) atoms. The van der Waals surface area contributed by atoms with Crippen LogP contribution in [0.2, 0.25) is 0 Å². The van der Waals surface area contributed by atoms with Crippen LogP contribution in [0.3, 0.4) is 0 Å². The molecule has 0 spiro atoms. The van der Waals surface area contributed by atoms with Crippen molar-refractivity contribution in [1.29, 1.82) is 0 Å². The summed E-state index contributed by atoms with van der Waals surface area (Å²) in [5, 5.41) is 10.8. The maximum absolute atomic E-state index is 12.7. The summed E-state index contributed by atoms with van der Waals surface area (Å²) in [5.41, 5.74) is 6.43. The molecule has 1 heterocycles. The molecule has 0 atom stereocenters. The van der Waals surface area contributed by atoms with Crippen molar-refractivity contribution in [2.75, 3.05) is 6.54 Å². The van der Waals surface area contributed by atoms with Gasteiger partial charge in [0.25, 0.3) is 17.5 Å². The Morgan fingerprint density at radius 1 is 1.18 bits per heavy atom. The molecule has 0 aromatic heterocycles. The van der Waals surface area contributed by atoms with Gasteiger partial charge >= 0.3 is 0 Å². The first-order chi connectivity index (χ1) is 16.3. The molecule has 3 rings (SSSR count). The van der Waals surface area contributed by atoms with Gasteiger partial charge in [0.05, 0.1) is 9.83 Å². The number of amides is 3. The summed E-state index contributed by atoms with van der Waals surface area (Å²) in [6.07, 6.45) is 3.12. The third-order valence-electron chi connectivity index (χ3n) is 4.98. The zero-order chi connectivity index (χ0) is 24.7.